The van der Waals surface area contributed by atoms with Crippen LogP contribution in [0.2, 0.25) is 35.8 Å². The molecule has 0 nitrogen and oxygen atoms in total. The maximum absolute atomic E-state index is 12.4. The van der Waals surface area contributed by atoms with Crippen LogP contribution in [0.25, 0.3) is 0 Å². The number of alkyl halides is 1. The van der Waals surface area contributed by atoms with Crippen LogP contribution in [0.1, 0.15) is 62.5 Å². The van der Waals surface area contributed by atoms with Gasteiger partial charge < -0.3 is 0 Å². The van der Waals surface area contributed by atoms with Gasteiger partial charge in [0.2, 0.25) is 0 Å². The van der Waals surface area contributed by atoms with E-state index < -0.39 is 17.6 Å². The standard InChI is InChI=1S/C22H37FSi2/c1-2-4-19-5-7-20(8-6-19)21-9-17-25(18-10-21)22-11-15-24(16-12-22)14-3-13-23/h5-8,21-22,24-25H,2-4,9-18H2,1H3. The van der Waals surface area contributed by atoms with E-state index in [2.05, 4.69) is 31.2 Å². The zero-order valence-electron chi connectivity index (χ0n) is 16.2. The van der Waals surface area contributed by atoms with Gasteiger partial charge in [0.15, 0.2) is 0 Å². The number of hydrogen-bond donors (Lipinski definition) is 0. The molecule has 140 valence electrons. The molecule has 3 rings (SSSR count). The highest BCUT2D eigenvalue weighted by atomic mass is 28.3. The van der Waals surface area contributed by atoms with Gasteiger partial charge in [-0.2, -0.15) is 0 Å². The summed E-state index contributed by atoms with van der Waals surface area (Å²) in [5, 5.41) is 0. The lowest BCUT2D eigenvalue weighted by atomic mass is 9.92. The second kappa shape index (κ2) is 10.1. The molecule has 0 bridgehead atoms. The van der Waals surface area contributed by atoms with Gasteiger partial charge in [0.1, 0.15) is 0 Å². The molecule has 0 spiro atoms. The van der Waals surface area contributed by atoms with Crippen molar-refractivity contribution >= 4 is 17.6 Å². The summed E-state index contributed by atoms with van der Waals surface area (Å²) in [4.78, 5) is 0. The van der Waals surface area contributed by atoms with E-state index in [9.17, 15) is 4.39 Å². The van der Waals surface area contributed by atoms with Crippen LogP contribution in [0.4, 0.5) is 4.39 Å². The van der Waals surface area contributed by atoms with Crippen LogP contribution in [-0.2, 0) is 6.42 Å². The highest BCUT2D eigenvalue weighted by molar-refractivity contribution is 6.63. The zero-order valence-corrected chi connectivity index (χ0v) is 18.5. The Bertz CT molecular complexity index is 485. The third-order valence-corrected chi connectivity index (χ3v) is 14.7. The minimum Gasteiger partial charge on any atom is -0.251 e. The first-order chi connectivity index (χ1) is 12.3. The van der Waals surface area contributed by atoms with Crippen molar-refractivity contribution in [2.45, 2.75) is 93.5 Å². The van der Waals surface area contributed by atoms with Crippen molar-refractivity contribution in [1.29, 1.82) is 0 Å². The summed E-state index contributed by atoms with van der Waals surface area (Å²) in [5.41, 5.74) is 4.25. The first kappa shape index (κ1) is 19.3. The Hall–Kier alpha value is -0.416. The fourth-order valence-electron chi connectivity index (χ4n) is 5.48. The number of benzene rings is 1. The maximum Gasteiger partial charge on any atom is 0.0891 e. The number of halogens is 1. The third kappa shape index (κ3) is 5.53. The largest absolute Gasteiger partial charge is 0.251 e. The van der Waals surface area contributed by atoms with Crippen molar-refractivity contribution < 1.29 is 4.39 Å². The first-order valence-electron chi connectivity index (χ1n) is 10.9. The third-order valence-electron chi connectivity index (χ3n) is 7.07. The SMILES string of the molecule is CCCc1ccc(C2CC[SiH](C3CC[SiH](CCCF)CC3)CC2)cc1. The lowest BCUT2D eigenvalue weighted by molar-refractivity contribution is 0.484. The predicted octanol–water partition coefficient (Wildman–Crippen LogP) is 6.49. The van der Waals surface area contributed by atoms with E-state index in [1.54, 1.807) is 17.7 Å². The molecule has 0 atom stereocenters. The van der Waals surface area contributed by atoms with Gasteiger partial charge in [0.05, 0.1) is 6.67 Å². The highest BCUT2D eigenvalue weighted by Crippen LogP contribution is 2.42. The molecule has 2 aliphatic heterocycles. The van der Waals surface area contributed by atoms with Gasteiger partial charge >= 0.3 is 0 Å². The van der Waals surface area contributed by atoms with E-state index in [1.165, 1.54) is 62.2 Å². The topological polar surface area (TPSA) is 0 Å². The quantitative estimate of drug-likeness (QED) is 0.477. The fourth-order valence-corrected chi connectivity index (χ4v) is 13.9. The van der Waals surface area contributed by atoms with Gasteiger partial charge in [0.25, 0.3) is 0 Å². The molecular weight excluding hydrogens is 339 g/mol. The summed E-state index contributed by atoms with van der Waals surface area (Å²) in [6.07, 6.45) is 9.33. The lowest BCUT2D eigenvalue weighted by Gasteiger charge is -2.37. The molecule has 2 heterocycles. The van der Waals surface area contributed by atoms with Crippen LogP contribution in [0.3, 0.4) is 0 Å². The molecule has 0 aliphatic carbocycles. The van der Waals surface area contributed by atoms with E-state index >= 15 is 0 Å². The highest BCUT2D eigenvalue weighted by Gasteiger charge is 2.32. The Labute approximate surface area is 157 Å². The van der Waals surface area contributed by atoms with Gasteiger partial charge in [0, 0.05) is 17.6 Å². The molecule has 1 aromatic rings. The Kier molecular flexibility index (Phi) is 7.78. The Morgan fingerprint density at radius 2 is 1.64 bits per heavy atom. The fraction of sp³-hybridized carbons (Fsp3) is 0.727. The van der Waals surface area contributed by atoms with Crippen molar-refractivity contribution in [3.8, 4) is 0 Å². The molecule has 2 fully saturated rings. The molecule has 0 radical (unpaired) electrons. The van der Waals surface area contributed by atoms with Gasteiger partial charge in [-0.15, -0.1) is 0 Å². The second-order valence-corrected chi connectivity index (χ2v) is 15.8. The summed E-state index contributed by atoms with van der Waals surface area (Å²) in [5.74, 6) is 0.842. The lowest BCUT2D eigenvalue weighted by Crippen LogP contribution is -2.30. The average Bonchev–Trinajstić information content (AvgIpc) is 2.68. The smallest absolute Gasteiger partial charge is 0.0891 e. The molecular formula is C22H37FSi2. The minimum atomic E-state index is -0.527. The predicted molar refractivity (Wildman–Crippen MR) is 114 cm³/mol. The monoisotopic (exact) mass is 376 g/mol. The van der Waals surface area contributed by atoms with Crippen LogP contribution in [0, 0.1) is 0 Å². The van der Waals surface area contributed by atoms with Gasteiger partial charge in [-0.25, -0.2) is 0 Å². The van der Waals surface area contributed by atoms with Crippen LogP contribution < -0.4 is 0 Å². The summed E-state index contributed by atoms with van der Waals surface area (Å²) < 4.78 is 12.4. The van der Waals surface area contributed by atoms with Crippen LogP contribution >= 0.6 is 0 Å². The van der Waals surface area contributed by atoms with Crippen molar-refractivity contribution in [1.82, 2.24) is 0 Å². The van der Waals surface area contributed by atoms with Crippen molar-refractivity contribution in [2.24, 2.45) is 0 Å². The Morgan fingerprint density at radius 1 is 0.960 bits per heavy atom. The number of rotatable bonds is 7. The van der Waals surface area contributed by atoms with Gasteiger partial charge in [-0.1, -0.05) is 80.7 Å². The van der Waals surface area contributed by atoms with Crippen molar-refractivity contribution in [2.75, 3.05) is 6.67 Å². The Balaban J connectivity index is 1.43. The molecule has 0 N–H and O–H groups in total. The summed E-state index contributed by atoms with van der Waals surface area (Å²) in [6, 6.07) is 17.1. The Morgan fingerprint density at radius 3 is 2.24 bits per heavy atom. The molecule has 0 amide bonds. The van der Waals surface area contributed by atoms with E-state index in [1.807, 2.05) is 0 Å². The molecule has 0 saturated carbocycles. The molecule has 2 saturated heterocycles. The first-order valence-corrected chi connectivity index (χ1v) is 15.7. The maximum atomic E-state index is 12.4. The van der Waals surface area contributed by atoms with Gasteiger partial charge in [-0.05, 0) is 48.3 Å². The van der Waals surface area contributed by atoms with Crippen molar-refractivity contribution in [3.05, 3.63) is 35.4 Å². The zero-order chi connectivity index (χ0) is 17.5. The average molecular weight is 377 g/mol. The normalized spacial score (nSPS) is 30.3. The van der Waals surface area contributed by atoms with E-state index in [0.29, 0.717) is 0 Å². The summed E-state index contributed by atoms with van der Waals surface area (Å²) >= 11 is 0. The van der Waals surface area contributed by atoms with Crippen LogP contribution in [0.15, 0.2) is 24.3 Å². The molecule has 0 unspecified atom stereocenters. The van der Waals surface area contributed by atoms with E-state index in [4.69, 9.17) is 0 Å². The second-order valence-electron chi connectivity index (χ2n) is 8.72. The molecule has 1 aromatic carbocycles. The van der Waals surface area contributed by atoms with E-state index in [-0.39, 0.29) is 6.67 Å². The molecule has 3 heteroatoms. The molecule has 25 heavy (non-hydrogen) atoms. The van der Waals surface area contributed by atoms with E-state index in [0.717, 1.165) is 17.9 Å². The molecule has 0 aromatic heterocycles. The number of hydrogen-bond acceptors (Lipinski definition) is 0. The van der Waals surface area contributed by atoms with Gasteiger partial charge in [-0.3, -0.25) is 4.39 Å². The van der Waals surface area contributed by atoms with Crippen LogP contribution in [0.5, 0.6) is 0 Å². The van der Waals surface area contributed by atoms with Crippen LogP contribution in [-0.4, -0.2) is 24.3 Å². The number of aryl methyl sites for hydroxylation is 1. The van der Waals surface area contributed by atoms with Crippen molar-refractivity contribution in [3.63, 3.8) is 0 Å². The summed E-state index contributed by atoms with van der Waals surface area (Å²) in [7, 11) is -1.02. The molecule has 2 aliphatic rings. The minimum absolute atomic E-state index is 0.0783. The summed E-state index contributed by atoms with van der Waals surface area (Å²) in [6.45, 7) is 2.18.